The fraction of sp³-hybridized carbons (Fsp3) is 0.364. The Kier molecular flexibility index (Phi) is 4.10. The van der Waals surface area contributed by atoms with E-state index in [-0.39, 0.29) is 18.2 Å². The third-order valence-electron chi connectivity index (χ3n) is 2.22. The third-order valence-corrected chi connectivity index (χ3v) is 2.22. The molecule has 0 aromatic heterocycles. The van der Waals surface area contributed by atoms with Crippen LogP contribution < -0.4 is 10.5 Å². The van der Waals surface area contributed by atoms with Gasteiger partial charge in [-0.15, -0.1) is 0 Å². The molecule has 0 heterocycles. The minimum atomic E-state index is -0.429. The lowest BCUT2D eigenvalue weighted by Gasteiger charge is -2.15. The van der Waals surface area contributed by atoms with Crippen molar-refractivity contribution < 1.29 is 13.9 Å². The van der Waals surface area contributed by atoms with Crippen LogP contribution in [0.3, 0.4) is 0 Å². The molecule has 0 atom stereocenters. The minimum Gasteiger partial charge on any atom is -0.482 e. The molecule has 2 N–H and O–H groups in total. The van der Waals surface area contributed by atoms with E-state index in [0.29, 0.717) is 12.3 Å². The van der Waals surface area contributed by atoms with Crippen LogP contribution in [0, 0.1) is 5.82 Å². The van der Waals surface area contributed by atoms with Crippen LogP contribution in [-0.4, -0.2) is 31.0 Å². The van der Waals surface area contributed by atoms with Gasteiger partial charge in [-0.3, -0.25) is 4.79 Å². The summed E-state index contributed by atoms with van der Waals surface area (Å²) in [5.41, 5.74) is 5.71. The largest absolute Gasteiger partial charge is 0.482 e. The number of halogens is 1. The van der Waals surface area contributed by atoms with E-state index in [4.69, 9.17) is 10.5 Å². The van der Waals surface area contributed by atoms with E-state index in [1.54, 1.807) is 7.05 Å². The lowest BCUT2D eigenvalue weighted by atomic mass is 10.3. The van der Waals surface area contributed by atoms with Gasteiger partial charge in [0, 0.05) is 19.7 Å². The van der Waals surface area contributed by atoms with Gasteiger partial charge in [-0.2, -0.15) is 0 Å². The van der Waals surface area contributed by atoms with Crippen LogP contribution in [0.15, 0.2) is 18.2 Å². The monoisotopic (exact) mass is 226 g/mol. The van der Waals surface area contributed by atoms with E-state index in [1.807, 2.05) is 6.92 Å². The lowest BCUT2D eigenvalue weighted by Crippen LogP contribution is -2.31. The molecule has 0 aliphatic rings. The fourth-order valence-corrected chi connectivity index (χ4v) is 1.08. The number of benzene rings is 1. The Balaban J connectivity index is 2.58. The Bertz CT molecular complexity index is 382. The summed E-state index contributed by atoms with van der Waals surface area (Å²) in [5, 5.41) is 0. The number of ether oxygens (including phenoxy) is 1. The Morgan fingerprint density at radius 1 is 1.56 bits per heavy atom. The average molecular weight is 226 g/mol. The second kappa shape index (κ2) is 5.34. The molecule has 0 fully saturated rings. The highest BCUT2D eigenvalue weighted by Gasteiger charge is 2.09. The first kappa shape index (κ1) is 12.3. The summed E-state index contributed by atoms with van der Waals surface area (Å²) in [6.07, 6.45) is 0. The van der Waals surface area contributed by atoms with E-state index < -0.39 is 5.82 Å². The first-order chi connectivity index (χ1) is 7.54. The summed E-state index contributed by atoms with van der Waals surface area (Å²) >= 11 is 0. The Morgan fingerprint density at radius 2 is 2.25 bits per heavy atom. The number of anilines is 1. The molecule has 0 aliphatic heterocycles. The van der Waals surface area contributed by atoms with Crippen LogP contribution in [0.1, 0.15) is 6.92 Å². The highest BCUT2D eigenvalue weighted by Crippen LogP contribution is 2.21. The third kappa shape index (κ3) is 3.12. The zero-order valence-electron chi connectivity index (χ0n) is 9.37. The zero-order valence-corrected chi connectivity index (χ0v) is 9.37. The van der Waals surface area contributed by atoms with E-state index in [9.17, 15) is 9.18 Å². The van der Waals surface area contributed by atoms with Gasteiger partial charge in [0.2, 0.25) is 0 Å². The molecule has 0 saturated carbocycles. The van der Waals surface area contributed by atoms with Crippen molar-refractivity contribution in [2.45, 2.75) is 6.92 Å². The Labute approximate surface area is 93.8 Å². The number of carbonyl (C=O) groups excluding carboxylic acids is 1. The molecule has 1 rings (SSSR count). The van der Waals surface area contributed by atoms with E-state index >= 15 is 0 Å². The predicted molar refractivity (Wildman–Crippen MR) is 59.6 cm³/mol. The average Bonchev–Trinajstić information content (AvgIpc) is 2.26. The number of rotatable bonds is 4. The van der Waals surface area contributed by atoms with Gasteiger partial charge in [0.25, 0.3) is 5.91 Å². The Morgan fingerprint density at radius 3 is 2.81 bits per heavy atom. The zero-order chi connectivity index (χ0) is 12.1. The number of likely N-dealkylation sites (N-methyl/N-ethyl adjacent to an activating group) is 1. The van der Waals surface area contributed by atoms with Gasteiger partial charge in [-0.05, 0) is 19.1 Å². The Hall–Kier alpha value is -1.78. The van der Waals surface area contributed by atoms with Crippen molar-refractivity contribution in [1.82, 2.24) is 4.90 Å². The molecular weight excluding hydrogens is 211 g/mol. The first-order valence-corrected chi connectivity index (χ1v) is 4.96. The topological polar surface area (TPSA) is 55.6 Å². The van der Waals surface area contributed by atoms with Gasteiger partial charge >= 0.3 is 0 Å². The van der Waals surface area contributed by atoms with Crippen LogP contribution in [-0.2, 0) is 4.79 Å². The van der Waals surface area contributed by atoms with Crippen LogP contribution in [0.5, 0.6) is 5.75 Å². The molecule has 0 saturated heterocycles. The van der Waals surface area contributed by atoms with Crippen molar-refractivity contribution in [3.05, 3.63) is 24.0 Å². The number of hydrogen-bond acceptors (Lipinski definition) is 3. The van der Waals surface area contributed by atoms with Gasteiger partial charge in [0.1, 0.15) is 11.6 Å². The van der Waals surface area contributed by atoms with Crippen molar-refractivity contribution >= 4 is 11.6 Å². The second-order valence-corrected chi connectivity index (χ2v) is 3.38. The van der Waals surface area contributed by atoms with Crippen LogP contribution >= 0.6 is 0 Å². The SMILES string of the molecule is CCN(C)C(=O)COc1ccc(F)cc1N. The number of hydrogen-bond donors (Lipinski definition) is 1. The summed E-state index contributed by atoms with van der Waals surface area (Å²) in [5.74, 6) is -0.257. The smallest absolute Gasteiger partial charge is 0.260 e. The van der Waals surface area contributed by atoms with E-state index in [0.717, 1.165) is 6.07 Å². The van der Waals surface area contributed by atoms with Crippen molar-refractivity contribution in [2.75, 3.05) is 25.9 Å². The molecule has 1 aromatic carbocycles. The molecule has 0 bridgehead atoms. The number of nitrogens with zero attached hydrogens (tertiary/aromatic N) is 1. The maximum Gasteiger partial charge on any atom is 0.260 e. The van der Waals surface area contributed by atoms with Gasteiger partial charge < -0.3 is 15.4 Å². The summed E-state index contributed by atoms with van der Waals surface area (Å²) in [4.78, 5) is 12.9. The molecule has 0 spiro atoms. The molecule has 4 nitrogen and oxygen atoms in total. The molecule has 16 heavy (non-hydrogen) atoms. The number of nitrogens with two attached hydrogens (primary N) is 1. The van der Waals surface area contributed by atoms with Gasteiger partial charge in [0.15, 0.2) is 6.61 Å². The van der Waals surface area contributed by atoms with Crippen molar-refractivity contribution in [3.8, 4) is 5.75 Å². The van der Waals surface area contributed by atoms with Crippen molar-refractivity contribution in [1.29, 1.82) is 0 Å². The fourth-order valence-electron chi connectivity index (χ4n) is 1.08. The molecule has 0 unspecified atom stereocenters. The number of nitrogen functional groups attached to an aromatic ring is 1. The lowest BCUT2D eigenvalue weighted by molar-refractivity contribution is -0.131. The summed E-state index contributed by atoms with van der Waals surface area (Å²) < 4.78 is 17.9. The molecule has 1 aromatic rings. The standard InChI is InChI=1S/C11H15FN2O2/c1-3-14(2)11(15)7-16-10-5-4-8(12)6-9(10)13/h4-6H,3,7,13H2,1-2H3. The number of amides is 1. The second-order valence-electron chi connectivity index (χ2n) is 3.38. The predicted octanol–water partition coefficient (Wildman–Crippen LogP) is 1.26. The van der Waals surface area contributed by atoms with Crippen LogP contribution in [0.4, 0.5) is 10.1 Å². The summed E-state index contributed by atoms with van der Waals surface area (Å²) in [6, 6.07) is 3.80. The van der Waals surface area contributed by atoms with Gasteiger partial charge in [-0.1, -0.05) is 0 Å². The quantitative estimate of drug-likeness (QED) is 0.786. The maximum absolute atomic E-state index is 12.7. The molecular formula is C11H15FN2O2. The van der Waals surface area contributed by atoms with Crippen LogP contribution in [0.2, 0.25) is 0 Å². The van der Waals surface area contributed by atoms with Crippen LogP contribution in [0.25, 0.3) is 0 Å². The molecule has 1 amide bonds. The van der Waals surface area contributed by atoms with Gasteiger partial charge in [0.05, 0.1) is 5.69 Å². The molecule has 0 radical (unpaired) electrons. The normalized spacial score (nSPS) is 9.94. The van der Waals surface area contributed by atoms with Crippen molar-refractivity contribution in [2.24, 2.45) is 0 Å². The van der Waals surface area contributed by atoms with Gasteiger partial charge in [-0.25, -0.2) is 4.39 Å². The summed E-state index contributed by atoms with van der Waals surface area (Å²) in [6.45, 7) is 2.38. The molecule has 88 valence electrons. The summed E-state index contributed by atoms with van der Waals surface area (Å²) in [7, 11) is 1.68. The highest BCUT2D eigenvalue weighted by molar-refractivity contribution is 5.77. The highest BCUT2D eigenvalue weighted by atomic mass is 19.1. The van der Waals surface area contributed by atoms with E-state index in [1.165, 1.54) is 17.0 Å². The molecule has 0 aliphatic carbocycles. The first-order valence-electron chi connectivity index (χ1n) is 4.96. The van der Waals surface area contributed by atoms with Crippen molar-refractivity contribution in [3.63, 3.8) is 0 Å². The number of carbonyl (C=O) groups is 1. The van der Waals surface area contributed by atoms with E-state index in [2.05, 4.69) is 0 Å². The molecule has 5 heteroatoms. The maximum atomic E-state index is 12.7. The minimum absolute atomic E-state index is 0.0971.